The van der Waals surface area contributed by atoms with Crippen LogP contribution in [-0.2, 0) is 78.2 Å². The summed E-state index contributed by atoms with van der Waals surface area (Å²) in [7, 11) is 0. The zero-order chi connectivity index (χ0) is 90.0. The number of hydrogen-bond acceptors (Lipinski definition) is 9. The summed E-state index contributed by atoms with van der Waals surface area (Å²) in [6, 6.07) is 167. The molecule has 12 aromatic carbocycles. The van der Waals surface area contributed by atoms with E-state index in [1.807, 2.05) is 146 Å². The molecule has 4 aliphatic carbocycles. The van der Waals surface area contributed by atoms with E-state index in [4.69, 9.17) is 0 Å². The fourth-order valence-electron chi connectivity index (χ4n) is 21.4. The maximum absolute atomic E-state index is 11.3. The van der Waals surface area contributed by atoms with E-state index in [0.717, 1.165) is 110 Å². The first-order valence-electron chi connectivity index (χ1n) is 46.4. The van der Waals surface area contributed by atoms with Gasteiger partial charge in [-0.15, -0.1) is 0 Å². The first-order chi connectivity index (χ1) is 65.2. The molecule has 0 unspecified atom stereocenters. The summed E-state index contributed by atoms with van der Waals surface area (Å²) in [5.74, 6) is 1.75. The van der Waals surface area contributed by atoms with Crippen LogP contribution in [0.4, 0.5) is 0 Å². The minimum atomic E-state index is -1.22. The first-order valence-corrected chi connectivity index (χ1v) is 46.4. The van der Waals surface area contributed by atoms with E-state index >= 15 is 0 Å². The van der Waals surface area contributed by atoms with E-state index in [1.54, 1.807) is 0 Å². The van der Waals surface area contributed by atoms with Crippen LogP contribution in [0.2, 0.25) is 0 Å². The molecule has 0 spiro atoms. The number of benzene rings is 12. The van der Waals surface area contributed by atoms with Crippen molar-refractivity contribution in [3.63, 3.8) is 0 Å². The van der Waals surface area contributed by atoms with Gasteiger partial charge in [0, 0.05) is 93.5 Å². The Hall–Kier alpha value is -13.9. The minimum Gasteiger partial charge on any atom is -0.481 e. The van der Waals surface area contributed by atoms with E-state index < -0.39 is 24.4 Å². The number of hydrogen-bond donors (Lipinski definition) is 1. The normalized spacial score (nSPS) is 14.8. The summed E-state index contributed by atoms with van der Waals surface area (Å²) >= 11 is 0. The third kappa shape index (κ3) is 25.0. The predicted octanol–water partition coefficient (Wildman–Crippen LogP) is 16.8. The van der Waals surface area contributed by atoms with Crippen LogP contribution in [0.25, 0.3) is 0 Å². The molecule has 135 heavy (non-hydrogen) atoms. The van der Waals surface area contributed by atoms with E-state index in [9.17, 15) is 9.90 Å². The second-order valence-electron chi connectivity index (χ2n) is 35.2. The van der Waals surface area contributed by atoms with E-state index in [2.05, 4.69) is 404 Å². The van der Waals surface area contributed by atoms with Crippen molar-refractivity contribution in [3.8, 4) is 0 Å². The fourth-order valence-corrected chi connectivity index (χ4v) is 21.4. The van der Waals surface area contributed by atoms with Gasteiger partial charge >= 0.3 is 23.0 Å². The molecule has 4 bridgehead atoms. The minimum absolute atomic E-state index is 0. The molecule has 674 valence electrons. The Morgan fingerprint density at radius 3 is 0.467 bits per heavy atom. The smallest absolute Gasteiger partial charge is 0.481 e. The van der Waals surface area contributed by atoms with Crippen molar-refractivity contribution in [3.05, 3.63) is 545 Å². The molecule has 4 fully saturated rings. The Morgan fingerprint density at radius 2 is 0.356 bits per heavy atom. The van der Waals surface area contributed by atoms with Crippen molar-refractivity contribution in [1.29, 1.82) is 0 Å². The zero-order valence-electron chi connectivity index (χ0n) is 76.1. The molecule has 18 aromatic rings. The van der Waals surface area contributed by atoms with Crippen LogP contribution in [0, 0.1) is 23.2 Å². The molecule has 3 N–H and O–H groups in total. The maximum atomic E-state index is 11.3. The predicted molar refractivity (Wildman–Crippen MR) is 553 cm³/mol. The summed E-state index contributed by atoms with van der Waals surface area (Å²) in [6.07, 6.45) is 14.2. The monoisotopic (exact) mass is 1850 g/mol. The quantitative estimate of drug-likeness (QED) is 0.0547. The number of carbonyl (C=O) groups is 1. The Labute approximate surface area is 818 Å². The zero-order valence-corrected chi connectivity index (χ0v) is 78.3. The third-order valence-electron chi connectivity index (χ3n) is 26.8. The van der Waals surface area contributed by atoms with Gasteiger partial charge in [-0.1, -0.05) is 400 Å². The number of nitrogens with zero attached hydrogens (tertiary/aromatic N) is 8. The van der Waals surface area contributed by atoms with Crippen LogP contribution in [0.3, 0.4) is 0 Å². The fraction of sp³-hybridized carbons (Fsp3) is 0.134. The van der Waals surface area contributed by atoms with Gasteiger partial charge in [0.05, 0.1) is 39.6 Å². The molecule has 0 saturated heterocycles. The number of rotatable bonds is 25. The average molecular weight is 1850 g/mol. The van der Waals surface area contributed by atoms with E-state index in [1.165, 1.54) is 84.8 Å². The summed E-state index contributed by atoms with van der Waals surface area (Å²) < 4.78 is 0. The standard InChI is InChI=1S/3C24H20B.2C18H18N4.C11H16O2.2Fe.H2O/c3*1-5-13-21(14-6-1)25(22-15-7-2-8-16-22,23-17-9-3-10-18-23)24-19-11-4-12-20-24;2*1-4-10-19-16(7-1)13-22(14-17-8-2-5-11-20-17)15-18-9-3-6-12-21-18;12-10(13)11-4-7-1-8(5-11)3-9(2-7)6-11;;;/h3*1-20H;2*1-12H,13-15H2;7-9H,1-6H2,(H,12,13);;;1H2/q3*-1;;;;;+2;. The van der Waals surface area contributed by atoms with Crippen molar-refractivity contribution in [1.82, 2.24) is 39.7 Å². The SMILES string of the molecule is O.O=C(O)C12CC3CC(CC(C3)C1)C2.[Fe+2].[Fe].c1ccc(CN(Cc2ccccn2)Cc2ccccn2)nc1.c1ccc(CN(Cc2ccccn2)Cc2ccccn2)nc1.c1ccc([B-](c2ccccc2)(c2ccccc2)c2ccccc2)cc1.c1ccc([B-](c2ccccc2)(c2ccccc2)c2ccccc2)cc1.c1ccc([B-](c2ccccc2)(c2ccccc2)c2ccccc2)cc1. The van der Waals surface area contributed by atoms with Crippen LogP contribution in [0.15, 0.2) is 510 Å². The second-order valence-corrected chi connectivity index (χ2v) is 35.2. The molecule has 0 amide bonds. The largest absolute Gasteiger partial charge is 2.00 e. The van der Waals surface area contributed by atoms with Crippen molar-refractivity contribution in [2.75, 3.05) is 0 Å². The first kappa shape index (κ1) is 98.6. The van der Waals surface area contributed by atoms with Gasteiger partial charge in [-0.25, -0.2) is 0 Å². The molecule has 22 rings (SSSR count). The van der Waals surface area contributed by atoms with Gasteiger partial charge in [-0.2, -0.15) is 65.6 Å². The molecule has 0 atom stereocenters. The Morgan fingerprint density at radius 1 is 0.230 bits per heavy atom. The Bertz CT molecular complexity index is 5140. The third-order valence-corrected chi connectivity index (χ3v) is 26.8. The van der Waals surface area contributed by atoms with Crippen molar-refractivity contribution < 1.29 is 49.5 Å². The summed E-state index contributed by atoms with van der Waals surface area (Å²) in [4.78, 5) is 42.4. The summed E-state index contributed by atoms with van der Waals surface area (Å²) in [5, 5.41) is 9.28. The van der Waals surface area contributed by atoms with Gasteiger partial charge in [0.2, 0.25) is 0 Å². The van der Waals surface area contributed by atoms with Crippen molar-refractivity contribution in [2.24, 2.45) is 23.2 Å². The number of carboxylic acids is 1. The number of aromatic nitrogens is 6. The molecule has 11 nitrogen and oxygen atoms in total. The molecule has 0 aliphatic heterocycles. The van der Waals surface area contributed by atoms with Gasteiger partial charge in [0.1, 0.15) is 18.4 Å². The molecule has 6 heterocycles. The van der Waals surface area contributed by atoms with Gasteiger partial charge in [0.25, 0.3) is 0 Å². The number of carboxylic acid groups (broad SMARTS) is 1. The molecule has 16 heteroatoms. The molecule has 4 aliphatic rings. The topological polar surface area (TPSA) is 153 Å². The van der Waals surface area contributed by atoms with Gasteiger partial charge in [0.15, 0.2) is 0 Å². The summed E-state index contributed by atoms with van der Waals surface area (Å²) in [6.45, 7) is 4.63. The van der Waals surface area contributed by atoms with Crippen LogP contribution in [0.1, 0.15) is 72.7 Å². The van der Waals surface area contributed by atoms with Crippen LogP contribution >= 0.6 is 0 Å². The van der Waals surface area contributed by atoms with Gasteiger partial charge in [-0.05, 0) is 129 Å². The van der Waals surface area contributed by atoms with Crippen molar-refractivity contribution in [2.45, 2.75) is 77.8 Å². The molecular formula is C119H114B3Fe2N8O3-. The molecular weight excluding hydrogens is 1730 g/mol. The number of pyridine rings is 6. The van der Waals surface area contributed by atoms with Crippen LogP contribution in [-0.4, -0.2) is 74.7 Å². The molecule has 4 saturated carbocycles. The second kappa shape index (κ2) is 50.3. The molecule has 0 radical (unpaired) electrons. The summed E-state index contributed by atoms with van der Waals surface area (Å²) in [5.41, 5.74) is 22.1. The molecule has 6 aromatic heterocycles. The van der Waals surface area contributed by atoms with E-state index in [-0.39, 0.29) is 45.0 Å². The van der Waals surface area contributed by atoms with Crippen molar-refractivity contribution >= 4 is 90.0 Å². The van der Waals surface area contributed by atoms with E-state index in [0.29, 0.717) is 0 Å². The van der Waals surface area contributed by atoms with Gasteiger partial charge in [-0.3, -0.25) is 44.5 Å². The maximum Gasteiger partial charge on any atom is 2.00 e. The Kier molecular flexibility index (Phi) is 36.7. The van der Waals surface area contributed by atoms with Crippen LogP contribution in [0.5, 0.6) is 0 Å². The van der Waals surface area contributed by atoms with Gasteiger partial charge < -0.3 is 10.6 Å². The average Bonchev–Trinajstić information content (AvgIpc) is 0.745. The number of aliphatic carboxylic acids is 1. The Balaban J connectivity index is 0.000000138. The van der Waals surface area contributed by atoms with Crippen LogP contribution < -0.4 is 65.6 Å².